The van der Waals surface area contributed by atoms with Crippen LogP contribution in [0.2, 0.25) is 4.34 Å². The van der Waals surface area contributed by atoms with Gasteiger partial charge in [0.2, 0.25) is 11.8 Å². The number of hydrogen-bond acceptors (Lipinski definition) is 4. The number of hydrogen-bond donors (Lipinski definition) is 0. The molecule has 0 radical (unpaired) electrons. The first-order valence-electron chi connectivity index (χ1n) is 11.1. The first-order valence-corrected chi connectivity index (χ1v) is 12.3. The van der Waals surface area contributed by atoms with Crippen LogP contribution in [0.1, 0.15) is 56.2 Å². The van der Waals surface area contributed by atoms with E-state index in [4.69, 9.17) is 11.6 Å². The van der Waals surface area contributed by atoms with E-state index in [0.29, 0.717) is 19.0 Å². The van der Waals surface area contributed by atoms with Gasteiger partial charge in [-0.15, -0.1) is 11.3 Å². The van der Waals surface area contributed by atoms with Gasteiger partial charge in [0.25, 0.3) is 0 Å². The fourth-order valence-corrected chi connectivity index (χ4v) is 6.67. The third-order valence-corrected chi connectivity index (χ3v) is 8.80. The van der Waals surface area contributed by atoms with Crippen molar-refractivity contribution in [2.24, 2.45) is 5.92 Å². The molecule has 1 aliphatic carbocycles. The Bertz CT molecular complexity index is 773. The molecule has 2 bridgehead atoms. The number of likely N-dealkylation sites (tertiary alicyclic amines) is 2. The lowest BCUT2D eigenvalue weighted by Crippen LogP contribution is -2.59. The molecule has 4 aliphatic rings. The van der Waals surface area contributed by atoms with Gasteiger partial charge >= 0.3 is 0 Å². The Morgan fingerprint density at radius 2 is 1.62 bits per heavy atom. The Morgan fingerprint density at radius 3 is 2.17 bits per heavy atom. The molecule has 5 rings (SSSR count). The van der Waals surface area contributed by atoms with Gasteiger partial charge in [0.05, 0.1) is 10.3 Å². The fraction of sp³-hybridized carbons (Fsp3) is 0.727. The van der Waals surface area contributed by atoms with E-state index >= 15 is 0 Å². The van der Waals surface area contributed by atoms with Crippen molar-refractivity contribution in [3.63, 3.8) is 0 Å². The van der Waals surface area contributed by atoms with Crippen molar-refractivity contribution in [3.8, 4) is 0 Å². The van der Waals surface area contributed by atoms with E-state index in [1.54, 1.807) is 0 Å². The van der Waals surface area contributed by atoms with E-state index in [1.165, 1.54) is 24.2 Å². The second kappa shape index (κ2) is 7.86. The van der Waals surface area contributed by atoms with Crippen molar-refractivity contribution in [1.82, 2.24) is 14.7 Å². The van der Waals surface area contributed by atoms with Crippen LogP contribution in [0.4, 0.5) is 0 Å². The molecule has 3 unspecified atom stereocenters. The molecule has 2 amide bonds. The molecule has 1 aromatic rings. The van der Waals surface area contributed by atoms with Crippen LogP contribution in [0.15, 0.2) is 12.1 Å². The molecule has 0 aromatic carbocycles. The zero-order chi connectivity index (χ0) is 20.1. The molecule has 5 nitrogen and oxygen atoms in total. The maximum Gasteiger partial charge on any atom is 0.230 e. The SMILES string of the molecule is CC(C(=O)N1CC2CCC(C1)N2C(=O)C1CCN(C2CC2)CC1)c1ccc(Cl)s1. The van der Waals surface area contributed by atoms with Gasteiger partial charge in [0.1, 0.15) is 0 Å². The molecule has 1 aromatic heterocycles. The van der Waals surface area contributed by atoms with Gasteiger partial charge in [-0.05, 0) is 70.7 Å². The van der Waals surface area contributed by atoms with Crippen LogP contribution < -0.4 is 0 Å². The summed E-state index contributed by atoms with van der Waals surface area (Å²) in [5, 5.41) is 0. The predicted octanol–water partition coefficient (Wildman–Crippen LogP) is 3.58. The first kappa shape index (κ1) is 19.8. The third-order valence-electron chi connectivity index (χ3n) is 7.38. The number of halogens is 1. The lowest BCUT2D eigenvalue weighted by molar-refractivity contribution is -0.148. The van der Waals surface area contributed by atoms with Gasteiger partial charge in [-0.3, -0.25) is 9.59 Å². The Hall–Kier alpha value is -1.11. The molecule has 7 heteroatoms. The summed E-state index contributed by atoms with van der Waals surface area (Å²) in [7, 11) is 0. The quantitative estimate of drug-likeness (QED) is 0.726. The van der Waals surface area contributed by atoms with Crippen LogP contribution in [0.5, 0.6) is 0 Å². The Morgan fingerprint density at radius 1 is 1.00 bits per heavy atom. The van der Waals surface area contributed by atoms with Crippen molar-refractivity contribution >= 4 is 34.8 Å². The molecule has 4 heterocycles. The molecule has 0 N–H and O–H groups in total. The van der Waals surface area contributed by atoms with Gasteiger partial charge in [0.15, 0.2) is 0 Å². The van der Waals surface area contributed by atoms with Gasteiger partial charge < -0.3 is 14.7 Å². The van der Waals surface area contributed by atoms with Crippen LogP contribution in [-0.2, 0) is 9.59 Å². The topological polar surface area (TPSA) is 43.9 Å². The second-order valence-electron chi connectivity index (χ2n) is 9.28. The number of nitrogens with zero attached hydrogens (tertiary/aromatic N) is 3. The Kier molecular flexibility index (Phi) is 5.37. The monoisotopic (exact) mass is 435 g/mol. The molecule has 3 saturated heterocycles. The van der Waals surface area contributed by atoms with E-state index in [9.17, 15) is 9.59 Å². The van der Waals surface area contributed by atoms with Gasteiger partial charge in [-0.2, -0.15) is 0 Å². The summed E-state index contributed by atoms with van der Waals surface area (Å²) in [6.07, 6.45) is 6.75. The van der Waals surface area contributed by atoms with Gasteiger partial charge in [-0.1, -0.05) is 11.6 Å². The Labute approximate surface area is 182 Å². The number of amides is 2. The van der Waals surface area contributed by atoms with E-state index in [1.807, 2.05) is 24.0 Å². The third kappa shape index (κ3) is 3.84. The van der Waals surface area contributed by atoms with Crippen molar-refractivity contribution in [3.05, 3.63) is 21.3 Å². The van der Waals surface area contributed by atoms with Gasteiger partial charge in [-0.25, -0.2) is 0 Å². The predicted molar refractivity (Wildman–Crippen MR) is 115 cm³/mol. The lowest BCUT2D eigenvalue weighted by Gasteiger charge is -2.44. The summed E-state index contributed by atoms with van der Waals surface area (Å²) < 4.78 is 0.725. The highest BCUT2D eigenvalue weighted by Gasteiger charge is 2.46. The van der Waals surface area contributed by atoms with E-state index in [2.05, 4.69) is 9.80 Å². The van der Waals surface area contributed by atoms with Gasteiger partial charge in [0, 0.05) is 42.0 Å². The number of thiophene rings is 1. The average molecular weight is 436 g/mol. The fourth-order valence-electron chi connectivity index (χ4n) is 5.56. The smallest absolute Gasteiger partial charge is 0.230 e. The Balaban J connectivity index is 1.21. The summed E-state index contributed by atoms with van der Waals surface area (Å²) in [6.45, 7) is 5.50. The van der Waals surface area contributed by atoms with Crippen molar-refractivity contribution in [1.29, 1.82) is 0 Å². The van der Waals surface area contributed by atoms with Crippen molar-refractivity contribution in [2.75, 3.05) is 26.2 Å². The van der Waals surface area contributed by atoms with Crippen LogP contribution in [0.25, 0.3) is 0 Å². The lowest BCUT2D eigenvalue weighted by atomic mass is 9.94. The van der Waals surface area contributed by atoms with Crippen molar-refractivity contribution in [2.45, 2.75) is 69.5 Å². The second-order valence-corrected chi connectivity index (χ2v) is 11.0. The van der Waals surface area contributed by atoms with E-state index in [0.717, 1.165) is 54.0 Å². The number of rotatable bonds is 4. The zero-order valence-corrected chi connectivity index (χ0v) is 18.6. The molecule has 3 aliphatic heterocycles. The molecule has 3 atom stereocenters. The number of carbonyl (C=O) groups excluding carboxylic acids is 2. The minimum absolute atomic E-state index is 0.166. The summed E-state index contributed by atoms with van der Waals surface area (Å²) in [6, 6.07) is 5.02. The highest BCUT2D eigenvalue weighted by Crippen LogP contribution is 2.37. The van der Waals surface area contributed by atoms with Crippen LogP contribution in [0, 0.1) is 5.92 Å². The maximum absolute atomic E-state index is 13.3. The van der Waals surface area contributed by atoms with Crippen LogP contribution in [0.3, 0.4) is 0 Å². The minimum atomic E-state index is -0.166. The largest absolute Gasteiger partial charge is 0.338 e. The summed E-state index contributed by atoms with van der Waals surface area (Å²) >= 11 is 7.54. The number of carbonyl (C=O) groups is 2. The number of fused-ring (bicyclic) bond motifs is 2. The number of piperidine rings is 1. The molecular formula is C22H30ClN3O2S. The van der Waals surface area contributed by atoms with E-state index in [-0.39, 0.29) is 29.8 Å². The molecule has 4 fully saturated rings. The number of piperazine rings is 1. The maximum atomic E-state index is 13.3. The summed E-state index contributed by atoms with van der Waals surface area (Å²) in [5.74, 6) is 0.548. The highest BCUT2D eigenvalue weighted by molar-refractivity contribution is 7.16. The normalized spacial score (nSPS) is 29.3. The molecular weight excluding hydrogens is 406 g/mol. The zero-order valence-electron chi connectivity index (χ0n) is 17.1. The summed E-state index contributed by atoms with van der Waals surface area (Å²) in [5.41, 5.74) is 0. The molecule has 29 heavy (non-hydrogen) atoms. The van der Waals surface area contributed by atoms with Crippen LogP contribution in [-0.4, -0.2) is 70.8 Å². The highest BCUT2D eigenvalue weighted by atomic mass is 35.5. The van der Waals surface area contributed by atoms with Crippen molar-refractivity contribution < 1.29 is 9.59 Å². The summed E-state index contributed by atoms with van der Waals surface area (Å²) in [4.78, 5) is 34.2. The molecule has 1 saturated carbocycles. The molecule has 0 spiro atoms. The van der Waals surface area contributed by atoms with E-state index < -0.39 is 0 Å². The molecule has 158 valence electrons. The minimum Gasteiger partial charge on any atom is -0.338 e. The standard InChI is InChI=1S/C22H30ClN3O2S/c1-14(19-6-7-20(23)29-19)21(27)25-12-17-4-5-18(13-25)26(17)22(28)15-8-10-24(11-9-15)16-2-3-16/h6-7,14-18H,2-5,8-13H2,1H3. The van der Waals surface area contributed by atoms with Crippen LogP contribution >= 0.6 is 22.9 Å². The first-order chi connectivity index (χ1) is 14.0. The average Bonchev–Trinajstić information content (AvgIpc) is 3.45.